The number of carbonyl (C=O) groups excluding carboxylic acids is 1. The summed E-state index contributed by atoms with van der Waals surface area (Å²) in [5, 5.41) is 0. The molecule has 2 aromatic rings. The second-order valence-corrected chi connectivity index (χ2v) is 6.99. The van der Waals surface area contributed by atoms with Gasteiger partial charge in [-0.05, 0) is 49.1 Å². The number of pyridine rings is 1. The number of fused-ring (bicyclic) bond motifs is 1. The number of aliphatic imine (C=N–C) groups is 1. The lowest BCUT2D eigenvalue weighted by molar-refractivity contribution is -0.118. The van der Waals surface area contributed by atoms with Gasteiger partial charge in [0, 0.05) is 24.7 Å². The average molecular weight is 354 g/mol. The third-order valence-electron chi connectivity index (χ3n) is 4.37. The van der Waals surface area contributed by atoms with Crippen molar-refractivity contribution < 1.29 is 13.9 Å². The van der Waals surface area contributed by atoms with Gasteiger partial charge in [0.2, 0.25) is 5.90 Å². The second kappa shape index (κ2) is 7.77. The van der Waals surface area contributed by atoms with E-state index >= 15 is 0 Å². The highest BCUT2D eigenvalue weighted by Gasteiger charge is 2.20. The minimum absolute atomic E-state index is 0.0481. The molecule has 0 saturated carbocycles. The minimum atomic E-state index is -0.266. The van der Waals surface area contributed by atoms with Crippen LogP contribution in [0, 0.1) is 5.82 Å². The smallest absolute Gasteiger partial charge is 0.218 e. The Morgan fingerprint density at radius 2 is 1.96 bits per heavy atom. The van der Waals surface area contributed by atoms with Crippen molar-refractivity contribution in [1.29, 1.82) is 0 Å². The van der Waals surface area contributed by atoms with E-state index in [2.05, 4.69) is 9.98 Å². The third kappa shape index (κ3) is 4.34. The van der Waals surface area contributed by atoms with Crippen LogP contribution in [-0.2, 0) is 22.5 Å². The summed E-state index contributed by atoms with van der Waals surface area (Å²) in [4.78, 5) is 21.2. The van der Waals surface area contributed by atoms with Crippen LogP contribution < -0.4 is 0 Å². The Hall–Kier alpha value is -2.56. The van der Waals surface area contributed by atoms with E-state index in [9.17, 15) is 9.18 Å². The number of carbonyl (C=O) groups is 1. The number of aromatic nitrogens is 1. The first-order chi connectivity index (χ1) is 12.4. The first-order valence-electron chi connectivity index (χ1n) is 8.89. The summed E-state index contributed by atoms with van der Waals surface area (Å²) in [7, 11) is 0. The molecular weight excluding hydrogens is 331 g/mol. The summed E-state index contributed by atoms with van der Waals surface area (Å²) < 4.78 is 18.7. The third-order valence-corrected chi connectivity index (χ3v) is 4.37. The van der Waals surface area contributed by atoms with E-state index in [4.69, 9.17) is 4.74 Å². The highest BCUT2D eigenvalue weighted by molar-refractivity contribution is 5.97. The maximum atomic E-state index is 13.0. The number of hydrogen-bond donors (Lipinski definition) is 0. The number of benzene rings is 1. The standard InChI is InChI=1S/C21H23FN2O2/c1-13(2)26-21-20-12-23-18(9-16(20)11-24-21)10-19(25)8-14(3)15-4-6-17(22)7-5-15/h4-7,9,12-14H,8,10-11H2,1-3H3/t14-/m0/s1. The molecule has 1 atom stereocenters. The Kier molecular flexibility index (Phi) is 5.45. The predicted octanol–water partition coefficient (Wildman–Crippen LogP) is 4.21. The number of hydrogen-bond acceptors (Lipinski definition) is 4. The summed E-state index contributed by atoms with van der Waals surface area (Å²) >= 11 is 0. The molecule has 0 N–H and O–H groups in total. The lowest BCUT2D eigenvalue weighted by Gasteiger charge is -2.12. The van der Waals surface area contributed by atoms with Crippen molar-refractivity contribution in [2.24, 2.45) is 4.99 Å². The van der Waals surface area contributed by atoms with Crippen molar-refractivity contribution in [2.45, 2.75) is 52.2 Å². The molecule has 0 aliphatic carbocycles. The molecule has 0 radical (unpaired) electrons. The van der Waals surface area contributed by atoms with E-state index in [1.54, 1.807) is 18.3 Å². The largest absolute Gasteiger partial charge is 0.475 e. The molecular formula is C21H23FN2O2. The monoisotopic (exact) mass is 354 g/mol. The summed E-state index contributed by atoms with van der Waals surface area (Å²) in [6.45, 7) is 6.46. The van der Waals surface area contributed by atoms with Crippen molar-refractivity contribution in [3.05, 3.63) is 64.7 Å². The Balaban J connectivity index is 1.61. The minimum Gasteiger partial charge on any atom is -0.475 e. The molecule has 0 unspecified atom stereocenters. The van der Waals surface area contributed by atoms with Crippen LogP contribution >= 0.6 is 0 Å². The van der Waals surface area contributed by atoms with Crippen LogP contribution in [0.25, 0.3) is 0 Å². The maximum absolute atomic E-state index is 13.0. The van der Waals surface area contributed by atoms with Gasteiger partial charge in [0.25, 0.3) is 0 Å². The fraction of sp³-hybridized carbons (Fsp3) is 0.381. The molecule has 0 amide bonds. The number of rotatable bonds is 6. The Morgan fingerprint density at radius 1 is 1.23 bits per heavy atom. The summed E-state index contributed by atoms with van der Waals surface area (Å²) in [6.07, 6.45) is 2.51. The molecule has 2 heterocycles. The van der Waals surface area contributed by atoms with Crippen LogP contribution in [0.15, 0.2) is 41.5 Å². The number of ether oxygens (including phenoxy) is 1. The molecule has 5 heteroatoms. The molecule has 1 aromatic heterocycles. The molecule has 26 heavy (non-hydrogen) atoms. The zero-order valence-corrected chi connectivity index (χ0v) is 15.3. The van der Waals surface area contributed by atoms with Crippen molar-refractivity contribution in [3.8, 4) is 0 Å². The molecule has 136 valence electrons. The van der Waals surface area contributed by atoms with Gasteiger partial charge in [-0.2, -0.15) is 0 Å². The molecule has 1 aromatic carbocycles. The van der Waals surface area contributed by atoms with E-state index in [0.29, 0.717) is 25.3 Å². The average Bonchev–Trinajstić information content (AvgIpc) is 2.96. The number of halogens is 1. The normalized spacial score (nSPS) is 14.1. The van der Waals surface area contributed by atoms with Crippen LogP contribution in [-0.4, -0.2) is 22.8 Å². The van der Waals surface area contributed by atoms with Gasteiger partial charge < -0.3 is 4.74 Å². The molecule has 1 aliphatic heterocycles. The number of nitrogens with zero attached hydrogens (tertiary/aromatic N) is 2. The van der Waals surface area contributed by atoms with Crippen LogP contribution in [0.5, 0.6) is 0 Å². The van der Waals surface area contributed by atoms with Crippen LogP contribution in [0.2, 0.25) is 0 Å². The molecule has 0 spiro atoms. The van der Waals surface area contributed by atoms with Gasteiger partial charge in [0.05, 0.1) is 18.2 Å². The van der Waals surface area contributed by atoms with E-state index in [-0.39, 0.29) is 23.6 Å². The van der Waals surface area contributed by atoms with Gasteiger partial charge >= 0.3 is 0 Å². The fourth-order valence-corrected chi connectivity index (χ4v) is 3.06. The van der Waals surface area contributed by atoms with Crippen LogP contribution in [0.1, 0.15) is 55.5 Å². The predicted molar refractivity (Wildman–Crippen MR) is 98.8 cm³/mol. The Labute approximate surface area is 153 Å². The lowest BCUT2D eigenvalue weighted by Crippen LogP contribution is -2.13. The molecule has 0 fully saturated rings. The maximum Gasteiger partial charge on any atom is 0.218 e. The summed E-state index contributed by atoms with van der Waals surface area (Å²) in [5.41, 5.74) is 3.67. The van der Waals surface area contributed by atoms with Gasteiger partial charge in [-0.15, -0.1) is 0 Å². The number of ketones is 1. The topological polar surface area (TPSA) is 51.5 Å². The van der Waals surface area contributed by atoms with E-state index in [1.807, 2.05) is 26.8 Å². The van der Waals surface area contributed by atoms with E-state index in [1.165, 1.54) is 12.1 Å². The van der Waals surface area contributed by atoms with Gasteiger partial charge in [0.15, 0.2) is 0 Å². The zero-order chi connectivity index (χ0) is 18.7. The first kappa shape index (κ1) is 18.2. The molecule has 0 saturated heterocycles. The Bertz CT molecular complexity index is 828. The van der Waals surface area contributed by atoms with E-state index < -0.39 is 0 Å². The van der Waals surface area contributed by atoms with Crippen molar-refractivity contribution in [2.75, 3.05) is 0 Å². The Morgan fingerprint density at radius 3 is 2.65 bits per heavy atom. The van der Waals surface area contributed by atoms with Gasteiger partial charge in [-0.25, -0.2) is 9.38 Å². The summed E-state index contributed by atoms with van der Waals surface area (Å²) in [6, 6.07) is 8.25. The van der Waals surface area contributed by atoms with Crippen LogP contribution in [0.3, 0.4) is 0 Å². The molecule has 3 rings (SSSR count). The first-order valence-corrected chi connectivity index (χ1v) is 8.89. The molecule has 4 nitrogen and oxygen atoms in total. The van der Waals surface area contributed by atoms with Crippen molar-refractivity contribution in [1.82, 2.24) is 4.98 Å². The lowest BCUT2D eigenvalue weighted by atomic mass is 9.94. The molecule has 1 aliphatic rings. The van der Waals surface area contributed by atoms with Crippen molar-refractivity contribution in [3.63, 3.8) is 0 Å². The highest BCUT2D eigenvalue weighted by Crippen LogP contribution is 2.23. The van der Waals surface area contributed by atoms with Gasteiger partial charge in [-0.3, -0.25) is 9.78 Å². The zero-order valence-electron chi connectivity index (χ0n) is 15.3. The second-order valence-electron chi connectivity index (χ2n) is 6.99. The summed E-state index contributed by atoms with van der Waals surface area (Å²) in [5.74, 6) is 0.529. The van der Waals surface area contributed by atoms with Crippen LogP contribution in [0.4, 0.5) is 4.39 Å². The van der Waals surface area contributed by atoms with Gasteiger partial charge in [-0.1, -0.05) is 19.1 Å². The SMILES string of the molecule is CC(C)OC1=NCc2cc(CC(=O)C[C@H](C)c3ccc(F)cc3)ncc21. The van der Waals surface area contributed by atoms with Crippen molar-refractivity contribution >= 4 is 11.7 Å². The van der Waals surface area contributed by atoms with Gasteiger partial charge in [0.1, 0.15) is 11.6 Å². The van der Waals surface area contributed by atoms with E-state index in [0.717, 1.165) is 22.4 Å². The quantitative estimate of drug-likeness (QED) is 0.781. The highest BCUT2D eigenvalue weighted by atomic mass is 19.1. The fourth-order valence-electron chi connectivity index (χ4n) is 3.06. The molecule has 0 bridgehead atoms. The number of Topliss-reactive ketones (excluding diaryl/α,β-unsaturated/α-hetero) is 1.